The Kier molecular flexibility index (Phi) is 5.43. The molecule has 11 heteroatoms. The van der Waals surface area contributed by atoms with Gasteiger partial charge < -0.3 is 0 Å². The SMILES string of the molecule is O=C(NNC(=O)c1ccccc1F)c1cc(C(F)(F)F)cc(C(F)(F)F)c1. The molecule has 144 valence electrons. The molecule has 4 nitrogen and oxygen atoms in total. The third-order valence-corrected chi connectivity index (χ3v) is 3.26. The van der Waals surface area contributed by atoms with E-state index in [0.29, 0.717) is 0 Å². The van der Waals surface area contributed by atoms with Crippen molar-refractivity contribution < 1.29 is 40.3 Å². The van der Waals surface area contributed by atoms with E-state index in [1.54, 1.807) is 10.9 Å². The van der Waals surface area contributed by atoms with E-state index in [9.17, 15) is 40.3 Å². The van der Waals surface area contributed by atoms with Gasteiger partial charge in [0.15, 0.2) is 0 Å². The fourth-order valence-corrected chi connectivity index (χ4v) is 1.98. The van der Waals surface area contributed by atoms with E-state index in [4.69, 9.17) is 0 Å². The Bertz CT molecular complexity index is 844. The highest BCUT2D eigenvalue weighted by Crippen LogP contribution is 2.36. The monoisotopic (exact) mass is 394 g/mol. The first-order valence-electron chi connectivity index (χ1n) is 7.04. The van der Waals surface area contributed by atoms with Gasteiger partial charge in [0.2, 0.25) is 0 Å². The van der Waals surface area contributed by atoms with E-state index in [2.05, 4.69) is 0 Å². The molecule has 2 aromatic carbocycles. The van der Waals surface area contributed by atoms with E-state index < -0.39 is 52.2 Å². The number of amides is 2. The largest absolute Gasteiger partial charge is 0.416 e. The van der Waals surface area contributed by atoms with Crippen LogP contribution < -0.4 is 10.9 Å². The summed E-state index contributed by atoms with van der Waals surface area (Å²) < 4.78 is 90.0. The second-order valence-corrected chi connectivity index (χ2v) is 5.18. The van der Waals surface area contributed by atoms with Crippen LogP contribution in [0.3, 0.4) is 0 Å². The summed E-state index contributed by atoms with van der Waals surface area (Å²) in [6, 6.07) is 4.84. The van der Waals surface area contributed by atoms with E-state index in [-0.39, 0.29) is 18.2 Å². The molecular formula is C16H9F7N2O2. The van der Waals surface area contributed by atoms with Crippen molar-refractivity contribution in [3.8, 4) is 0 Å². The summed E-state index contributed by atoms with van der Waals surface area (Å²) in [4.78, 5) is 23.6. The minimum absolute atomic E-state index is 0.144. The lowest BCUT2D eigenvalue weighted by Gasteiger charge is -2.14. The third kappa shape index (κ3) is 4.96. The molecule has 2 rings (SSSR count). The molecule has 0 saturated heterocycles. The van der Waals surface area contributed by atoms with E-state index in [0.717, 1.165) is 12.1 Å². The minimum atomic E-state index is -5.13. The summed E-state index contributed by atoms with van der Waals surface area (Å²) in [7, 11) is 0. The lowest BCUT2D eigenvalue weighted by Crippen LogP contribution is -2.42. The Morgan fingerprint density at radius 2 is 1.22 bits per heavy atom. The molecule has 0 aliphatic carbocycles. The Balaban J connectivity index is 2.25. The summed E-state index contributed by atoms with van der Waals surface area (Å²) in [6.45, 7) is 0. The van der Waals surface area contributed by atoms with E-state index >= 15 is 0 Å². The highest BCUT2D eigenvalue weighted by Gasteiger charge is 2.37. The average molecular weight is 394 g/mol. The van der Waals surface area contributed by atoms with Gasteiger partial charge in [0.05, 0.1) is 16.7 Å². The molecule has 27 heavy (non-hydrogen) atoms. The predicted octanol–water partition coefficient (Wildman–Crippen LogP) is 3.94. The van der Waals surface area contributed by atoms with Gasteiger partial charge in [-0.25, -0.2) is 4.39 Å². The Labute approximate surface area is 146 Å². The topological polar surface area (TPSA) is 58.2 Å². The maximum absolute atomic E-state index is 13.4. The minimum Gasteiger partial charge on any atom is -0.267 e. The van der Waals surface area contributed by atoms with Crippen molar-refractivity contribution in [3.05, 3.63) is 70.5 Å². The van der Waals surface area contributed by atoms with Crippen LogP contribution in [-0.4, -0.2) is 11.8 Å². The highest BCUT2D eigenvalue weighted by atomic mass is 19.4. The molecule has 0 fully saturated rings. The average Bonchev–Trinajstić information content (AvgIpc) is 2.57. The van der Waals surface area contributed by atoms with Gasteiger partial charge in [-0.05, 0) is 30.3 Å². The molecule has 0 spiro atoms. The van der Waals surface area contributed by atoms with Gasteiger partial charge in [0, 0.05) is 5.56 Å². The molecular weight excluding hydrogens is 385 g/mol. The van der Waals surface area contributed by atoms with Crippen molar-refractivity contribution >= 4 is 11.8 Å². The van der Waals surface area contributed by atoms with Crippen LogP contribution in [0.4, 0.5) is 30.7 Å². The van der Waals surface area contributed by atoms with Crippen molar-refractivity contribution in [2.75, 3.05) is 0 Å². The highest BCUT2D eigenvalue weighted by molar-refractivity contribution is 5.99. The molecule has 0 aromatic heterocycles. The fourth-order valence-electron chi connectivity index (χ4n) is 1.98. The van der Waals surface area contributed by atoms with Gasteiger partial charge in [0.1, 0.15) is 5.82 Å². The molecule has 2 N–H and O–H groups in total. The van der Waals surface area contributed by atoms with Crippen LogP contribution in [0.15, 0.2) is 42.5 Å². The number of halogens is 7. The fraction of sp³-hybridized carbons (Fsp3) is 0.125. The molecule has 0 bridgehead atoms. The van der Waals surface area contributed by atoms with Crippen LogP contribution in [0, 0.1) is 5.82 Å². The zero-order valence-corrected chi connectivity index (χ0v) is 13.0. The van der Waals surface area contributed by atoms with Gasteiger partial charge in [-0.2, -0.15) is 26.3 Å². The number of nitrogens with one attached hydrogen (secondary N) is 2. The zero-order chi connectivity index (χ0) is 20.4. The molecule has 0 aliphatic rings. The number of hydrogen-bond acceptors (Lipinski definition) is 2. The van der Waals surface area contributed by atoms with Crippen LogP contribution in [0.25, 0.3) is 0 Å². The second kappa shape index (κ2) is 7.25. The number of carbonyl (C=O) groups excluding carboxylic acids is 2. The molecule has 0 unspecified atom stereocenters. The lowest BCUT2D eigenvalue weighted by atomic mass is 10.0. The maximum atomic E-state index is 13.4. The number of rotatable bonds is 2. The molecule has 0 aliphatic heterocycles. The standard InChI is InChI=1S/C16H9F7N2O2/c17-12-4-2-1-3-11(12)14(27)25-24-13(26)8-5-9(15(18,19)20)7-10(6-8)16(21,22)23/h1-7H,(H,24,26)(H,25,27). The van der Waals surface area contributed by atoms with Gasteiger partial charge in [-0.1, -0.05) is 12.1 Å². The maximum Gasteiger partial charge on any atom is 0.416 e. The van der Waals surface area contributed by atoms with E-state index in [1.165, 1.54) is 12.1 Å². The van der Waals surface area contributed by atoms with Crippen molar-refractivity contribution in [1.82, 2.24) is 10.9 Å². The summed E-state index contributed by atoms with van der Waals surface area (Å²) >= 11 is 0. The molecule has 0 radical (unpaired) electrons. The van der Waals surface area contributed by atoms with Crippen LogP contribution >= 0.6 is 0 Å². The Hall–Kier alpha value is -3.11. The van der Waals surface area contributed by atoms with Crippen molar-refractivity contribution in [2.45, 2.75) is 12.4 Å². The number of benzene rings is 2. The van der Waals surface area contributed by atoms with Gasteiger partial charge >= 0.3 is 12.4 Å². The van der Waals surface area contributed by atoms with Crippen molar-refractivity contribution in [2.24, 2.45) is 0 Å². The summed E-state index contributed by atoms with van der Waals surface area (Å²) in [6.07, 6.45) is -10.3. The first-order valence-corrected chi connectivity index (χ1v) is 7.04. The van der Waals surface area contributed by atoms with Gasteiger partial charge in [-0.15, -0.1) is 0 Å². The Morgan fingerprint density at radius 1 is 0.741 bits per heavy atom. The number of carbonyl (C=O) groups is 2. The lowest BCUT2D eigenvalue weighted by molar-refractivity contribution is -0.143. The van der Waals surface area contributed by atoms with Crippen molar-refractivity contribution in [3.63, 3.8) is 0 Å². The normalized spacial score (nSPS) is 11.8. The summed E-state index contributed by atoms with van der Waals surface area (Å²) in [5, 5.41) is 0. The Morgan fingerprint density at radius 3 is 1.70 bits per heavy atom. The van der Waals surface area contributed by atoms with Crippen molar-refractivity contribution in [1.29, 1.82) is 0 Å². The third-order valence-electron chi connectivity index (χ3n) is 3.26. The van der Waals surface area contributed by atoms with Crippen LogP contribution in [0.1, 0.15) is 31.8 Å². The quantitative estimate of drug-likeness (QED) is 0.599. The number of hydrazine groups is 1. The predicted molar refractivity (Wildman–Crippen MR) is 77.8 cm³/mol. The molecule has 0 saturated carbocycles. The smallest absolute Gasteiger partial charge is 0.267 e. The van der Waals surface area contributed by atoms with Gasteiger partial charge in [-0.3, -0.25) is 20.4 Å². The second-order valence-electron chi connectivity index (χ2n) is 5.18. The number of alkyl halides is 6. The van der Waals surface area contributed by atoms with Crippen LogP contribution in [0.5, 0.6) is 0 Å². The van der Waals surface area contributed by atoms with Crippen LogP contribution in [0.2, 0.25) is 0 Å². The molecule has 0 heterocycles. The van der Waals surface area contributed by atoms with Gasteiger partial charge in [0.25, 0.3) is 11.8 Å². The summed E-state index contributed by atoms with van der Waals surface area (Å²) in [5.41, 5.74) is -1.51. The zero-order valence-electron chi connectivity index (χ0n) is 13.0. The summed E-state index contributed by atoms with van der Waals surface area (Å²) in [5.74, 6) is -3.54. The number of hydrogen-bond donors (Lipinski definition) is 2. The van der Waals surface area contributed by atoms with E-state index in [1.807, 2.05) is 0 Å². The molecule has 2 aromatic rings. The first-order chi connectivity index (χ1) is 12.4. The molecule has 0 atom stereocenters. The van der Waals surface area contributed by atoms with Crippen LogP contribution in [-0.2, 0) is 12.4 Å². The molecule has 2 amide bonds. The first kappa shape index (κ1) is 20.2.